The van der Waals surface area contributed by atoms with E-state index in [-0.39, 0.29) is 0 Å². The van der Waals surface area contributed by atoms with Crippen LogP contribution in [0.1, 0.15) is 0 Å². The summed E-state index contributed by atoms with van der Waals surface area (Å²) in [6.45, 7) is 0. The minimum absolute atomic E-state index is 0.497. The lowest BCUT2D eigenvalue weighted by atomic mass is 9.98. The highest BCUT2D eigenvalue weighted by atomic mass is 16.3. The van der Waals surface area contributed by atoms with E-state index in [1.54, 1.807) is 0 Å². The zero-order chi connectivity index (χ0) is 40.5. The molecule has 14 aromatic rings. The summed E-state index contributed by atoms with van der Waals surface area (Å²) >= 11 is 0. The van der Waals surface area contributed by atoms with Gasteiger partial charge in [-0.1, -0.05) is 121 Å². The fourth-order valence-electron chi connectivity index (χ4n) is 9.62. The third-order valence-electron chi connectivity index (χ3n) is 12.5. The Hall–Kier alpha value is -8.55. The van der Waals surface area contributed by atoms with Crippen molar-refractivity contribution in [1.29, 1.82) is 0 Å². The molecule has 0 aliphatic carbocycles. The van der Waals surface area contributed by atoms with Gasteiger partial charge in [-0.05, 0) is 77.0 Å². The van der Waals surface area contributed by atoms with Crippen molar-refractivity contribution in [2.24, 2.45) is 0 Å². The second-order valence-electron chi connectivity index (χ2n) is 15.9. The topological polar surface area (TPSA) is 83.0 Å². The number of benzene rings is 9. The summed E-state index contributed by atoms with van der Waals surface area (Å²) in [6, 6.07) is 62.8. The van der Waals surface area contributed by atoms with Crippen LogP contribution in [0.4, 0.5) is 0 Å². The Morgan fingerprint density at radius 2 is 0.855 bits per heavy atom. The van der Waals surface area contributed by atoms with E-state index < -0.39 is 0 Å². The predicted octanol–water partition coefficient (Wildman–Crippen LogP) is 14.8. The fraction of sp³-hybridized carbons (Fsp3) is 0. The van der Waals surface area contributed by atoms with Crippen LogP contribution in [0.25, 0.3) is 138 Å². The number of aromatic nitrogens is 4. The average Bonchev–Trinajstić information content (AvgIpc) is 4.09. The standard InChI is InChI=1S/C55H30N4O3/c1-2-11-35-31(10-1)22-26-44-51(35)42-16-9-15-36(32-23-27-48-43(28-32)39-14-5-8-19-47(39)60-48)52(42)59(44)55-57-53(33-20-24-40-37-12-3-6-17-45(37)61-49(40)29-33)56-54(58-55)34-21-25-41-38-13-4-7-18-46(38)62-50(41)30-34/h1-30H. The van der Waals surface area contributed by atoms with Crippen LogP contribution in [-0.4, -0.2) is 19.5 Å². The molecule has 9 aromatic carbocycles. The summed E-state index contributed by atoms with van der Waals surface area (Å²) in [5.74, 6) is 1.55. The van der Waals surface area contributed by atoms with Gasteiger partial charge in [0.15, 0.2) is 11.6 Å². The van der Waals surface area contributed by atoms with Gasteiger partial charge in [0.05, 0.1) is 11.0 Å². The lowest BCUT2D eigenvalue weighted by Crippen LogP contribution is -2.07. The van der Waals surface area contributed by atoms with Gasteiger partial charge < -0.3 is 13.3 Å². The Morgan fingerprint density at radius 1 is 0.339 bits per heavy atom. The zero-order valence-electron chi connectivity index (χ0n) is 32.8. The maximum Gasteiger partial charge on any atom is 0.238 e. The van der Waals surface area contributed by atoms with Gasteiger partial charge >= 0.3 is 0 Å². The molecule has 7 heteroatoms. The van der Waals surface area contributed by atoms with Crippen LogP contribution < -0.4 is 0 Å². The first-order valence-electron chi connectivity index (χ1n) is 20.7. The number of hydrogen-bond acceptors (Lipinski definition) is 6. The molecule has 5 aromatic heterocycles. The molecule has 0 saturated heterocycles. The molecule has 0 fully saturated rings. The van der Waals surface area contributed by atoms with Gasteiger partial charge in [0.1, 0.15) is 33.5 Å². The predicted molar refractivity (Wildman–Crippen MR) is 250 cm³/mol. The SMILES string of the molecule is c1ccc2c(c1)ccc1c2c2cccc(-c3ccc4oc5ccccc5c4c3)c2n1-c1nc(-c2ccc3c(c2)oc2ccccc23)nc(-c2ccc3c(c2)oc2ccccc23)n1. The highest BCUT2D eigenvalue weighted by Gasteiger charge is 2.23. The van der Waals surface area contributed by atoms with Gasteiger partial charge in [-0.3, -0.25) is 4.57 Å². The third-order valence-corrected chi connectivity index (χ3v) is 12.5. The van der Waals surface area contributed by atoms with Crippen molar-refractivity contribution in [1.82, 2.24) is 19.5 Å². The lowest BCUT2D eigenvalue weighted by molar-refractivity contribution is 0.668. The summed E-state index contributed by atoms with van der Waals surface area (Å²) in [6.07, 6.45) is 0. The largest absolute Gasteiger partial charge is 0.456 e. The number of rotatable bonds is 4. The van der Waals surface area contributed by atoms with Crippen LogP contribution in [0.15, 0.2) is 195 Å². The van der Waals surface area contributed by atoms with Crippen molar-refractivity contribution in [3.63, 3.8) is 0 Å². The van der Waals surface area contributed by atoms with E-state index in [0.717, 1.165) is 121 Å². The van der Waals surface area contributed by atoms with Crippen LogP contribution in [-0.2, 0) is 0 Å². The van der Waals surface area contributed by atoms with Gasteiger partial charge in [-0.2, -0.15) is 9.97 Å². The smallest absolute Gasteiger partial charge is 0.238 e. The van der Waals surface area contributed by atoms with Crippen molar-refractivity contribution in [2.45, 2.75) is 0 Å². The van der Waals surface area contributed by atoms with Gasteiger partial charge in [-0.15, -0.1) is 0 Å². The van der Waals surface area contributed by atoms with E-state index >= 15 is 0 Å². The molecule has 0 aliphatic heterocycles. The summed E-state index contributed by atoms with van der Waals surface area (Å²) in [5, 5.41) is 10.9. The number of furan rings is 3. The Balaban J connectivity index is 1.08. The number of hydrogen-bond donors (Lipinski definition) is 0. The Morgan fingerprint density at radius 3 is 1.52 bits per heavy atom. The first kappa shape index (κ1) is 33.3. The Kier molecular flexibility index (Phi) is 6.71. The molecule has 0 bridgehead atoms. The minimum atomic E-state index is 0.497. The average molecular weight is 795 g/mol. The molecular weight excluding hydrogens is 765 g/mol. The van der Waals surface area contributed by atoms with Gasteiger partial charge in [-0.25, -0.2) is 4.98 Å². The third kappa shape index (κ3) is 4.78. The van der Waals surface area contributed by atoms with Crippen LogP contribution in [0, 0.1) is 0 Å². The second-order valence-corrected chi connectivity index (χ2v) is 15.9. The van der Waals surface area contributed by atoms with Crippen molar-refractivity contribution < 1.29 is 13.3 Å². The molecule has 0 amide bonds. The van der Waals surface area contributed by atoms with E-state index in [0.29, 0.717) is 17.6 Å². The zero-order valence-corrected chi connectivity index (χ0v) is 32.8. The molecule has 0 radical (unpaired) electrons. The molecule has 0 saturated carbocycles. The summed E-state index contributed by atoms with van der Waals surface area (Å²) in [4.78, 5) is 16.0. The molecule has 14 rings (SSSR count). The Labute approximate surface area is 351 Å². The molecule has 0 unspecified atom stereocenters. The fourth-order valence-corrected chi connectivity index (χ4v) is 9.62. The molecule has 0 aliphatic rings. The lowest BCUT2D eigenvalue weighted by Gasteiger charge is -2.13. The summed E-state index contributed by atoms with van der Waals surface area (Å²) in [5.41, 5.74) is 10.6. The minimum Gasteiger partial charge on any atom is -0.456 e. The second kappa shape index (κ2) is 12.5. The summed E-state index contributed by atoms with van der Waals surface area (Å²) in [7, 11) is 0. The quantitative estimate of drug-likeness (QED) is 0.176. The molecule has 62 heavy (non-hydrogen) atoms. The highest BCUT2D eigenvalue weighted by Crippen LogP contribution is 2.43. The number of fused-ring (bicyclic) bond motifs is 14. The van der Waals surface area contributed by atoms with Crippen LogP contribution in [0.3, 0.4) is 0 Å². The maximum atomic E-state index is 6.39. The van der Waals surface area contributed by atoms with Crippen molar-refractivity contribution in [2.75, 3.05) is 0 Å². The van der Waals surface area contributed by atoms with Gasteiger partial charge in [0, 0.05) is 59.8 Å². The molecule has 288 valence electrons. The Bertz CT molecular complexity index is 4060. The van der Waals surface area contributed by atoms with Crippen LogP contribution >= 0.6 is 0 Å². The normalized spacial score (nSPS) is 12.2. The molecule has 0 atom stereocenters. The van der Waals surface area contributed by atoms with Crippen molar-refractivity contribution >= 4 is 98.4 Å². The first-order chi connectivity index (χ1) is 30.7. The molecule has 0 spiro atoms. The van der Waals surface area contributed by atoms with Crippen molar-refractivity contribution in [3.05, 3.63) is 182 Å². The number of para-hydroxylation sites is 4. The van der Waals surface area contributed by atoms with Crippen LogP contribution in [0.5, 0.6) is 0 Å². The van der Waals surface area contributed by atoms with Crippen molar-refractivity contribution in [3.8, 4) is 39.9 Å². The van der Waals surface area contributed by atoms with E-state index in [4.69, 9.17) is 28.2 Å². The highest BCUT2D eigenvalue weighted by molar-refractivity contribution is 6.23. The molecular formula is C55H30N4O3. The van der Waals surface area contributed by atoms with Crippen LogP contribution in [0.2, 0.25) is 0 Å². The molecule has 5 heterocycles. The first-order valence-corrected chi connectivity index (χ1v) is 20.7. The van der Waals surface area contributed by atoms with Gasteiger partial charge in [0.25, 0.3) is 0 Å². The monoisotopic (exact) mass is 794 g/mol. The molecule has 7 nitrogen and oxygen atoms in total. The van der Waals surface area contributed by atoms with E-state index in [1.807, 2.05) is 60.7 Å². The summed E-state index contributed by atoms with van der Waals surface area (Å²) < 4.78 is 21.3. The molecule has 0 N–H and O–H groups in total. The van der Waals surface area contributed by atoms with E-state index in [1.165, 1.54) is 0 Å². The van der Waals surface area contributed by atoms with E-state index in [9.17, 15) is 0 Å². The number of nitrogens with zero attached hydrogens (tertiary/aromatic N) is 4. The van der Waals surface area contributed by atoms with E-state index in [2.05, 4.69) is 126 Å². The van der Waals surface area contributed by atoms with Gasteiger partial charge in [0.2, 0.25) is 5.95 Å². The maximum absolute atomic E-state index is 6.39.